The average molecular weight is 360 g/mol. The number of aromatic nitrogens is 2. The molecule has 0 amide bonds. The highest BCUT2D eigenvalue weighted by Gasteiger charge is 2.16. The van der Waals surface area contributed by atoms with Gasteiger partial charge in [0.25, 0.3) is 0 Å². The minimum absolute atomic E-state index is 0.999. The maximum Gasteiger partial charge on any atom is 0.0972 e. The Morgan fingerprint density at radius 1 is 0.571 bits per heavy atom. The molecule has 28 heavy (non-hydrogen) atoms. The highest BCUT2D eigenvalue weighted by atomic mass is 14.8. The lowest BCUT2D eigenvalue weighted by molar-refractivity contribution is 0.728. The van der Waals surface area contributed by atoms with E-state index in [9.17, 15) is 0 Å². The molecule has 5 aromatic rings. The summed E-state index contributed by atoms with van der Waals surface area (Å²) >= 11 is 0. The molecule has 0 atom stereocenters. The molecule has 0 spiro atoms. The fourth-order valence-electron chi connectivity index (χ4n) is 4.54. The molecule has 2 nitrogen and oxygen atoms in total. The Labute approximate surface area is 163 Å². The van der Waals surface area contributed by atoms with Crippen molar-refractivity contribution in [3.63, 3.8) is 0 Å². The van der Waals surface area contributed by atoms with Crippen molar-refractivity contribution < 1.29 is 0 Å². The van der Waals surface area contributed by atoms with Gasteiger partial charge in [-0.25, -0.2) is 9.97 Å². The highest BCUT2D eigenvalue weighted by Crippen LogP contribution is 2.34. The Kier molecular flexibility index (Phi) is 3.45. The van der Waals surface area contributed by atoms with Crippen LogP contribution >= 0.6 is 0 Å². The standard InChI is InChI=1S/C26H20N2/c1-2-10-19-16-21-14-13-20-15-18-9-4-6-12-23(18)27-25(20)26(21)28-24(19)22-11-5-3-8-17(22)7-1/h3-6,8-9,11-16H,1-2,7,10H2. The summed E-state index contributed by atoms with van der Waals surface area (Å²) in [7, 11) is 0. The molecule has 2 heterocycles. The van der Waals surface area contributed by atoms with E-state index >= 15 is 0 Å². The van der Waals surface area contributed by atoms with E-state index in [1.54, 1.807) is 0 Å². The lowest BCUT2D eigenvalue weighted by Crippen LogP contribution is -2.03. The van der Waals surface area contributed by atoms with Gasteiger partial charge in [0.2, 0.25) is 0 Å². The second-order valence-corrected chi connectivity index (χ2v) is 7.75. The molecule has 1 aliphatic carbocycles. The fraction of sp³-hybridized carbons (Fsp3) is 0.154. The number of para-hydroxylation sites is 1. The zero-order chi connectivity index (χ0) is 18.5. The van der Waals surface area contributed by atoms with Crippen molar-refractivity contribution >= 4 is 32.7 Å². The first-order chi connectivity index (χ1) is 13.9. The third kappa shape index (κ3) is 2.41. The normalized spacial score (nSPS) is 13.9. The van der Waals surface area contributed by atoms with E-state index in [1.165, 1.54) is 40.3 Å². The summed E-state index contributed by atoms with van der Waals surface area (Å²) in [6.07, 6.45) is 4.67. The van der Waals surface area contributed by atoms with Gasteiger partial charge in [-0.3, -0.25) is 0 Å². The van der Waals surface area contributed by atoms with Crippen LogP contribution in [0.1, 0.15) is 24.0 Å². The van der Waals surface area contributed by atoms with Crippen molar-refractivity contribution in [1.29, 1.82) is 0 Å². The Hall–Kier alpha value is -3.26. The fourth-order valence-corrected chi connectivity index (χ4v) is 4.54. The van der Waals surface area contributed by atoms with Crippen molar-refractivity contribution in [2.45, 2.75) is 25.7 Å². The number of nitrogens with zero attached hydrogens (tertiary/aromatic N) is 2. The zero-order valence-corrected chi connectivity index (χ0v) is 15.7. The Balaban J connectivity index is 1.71. The second kappa shape index (κ2) is 6.13. The molecule has 0 saturated carbocycles. The predicted octanol–water partition coefficient (Wildman–Crippen LogP) is 6.48. The molecule has 0 N–H and O–H groups in total. The third-order valence-corrected chi connectivity index (χ3v) is 5.97. The van der Waals surface area contributed by atoms with Crippen LogP contribution in [0.4, 0.5) is 0 Å². The van der Waals surface area contributed by atoms with Crippen LogP contribution in [-0.4, -0.2) is 9.97 Å². The first-order valence-electron chi connectivity index (χ1n) is 10.1. The summed E-state index contributed by atoms with van der Waals surface area (Å²) in [4.78, 5) is 10.2. The molecule has 0 fully saturated rings. The lowest BCUT2D eigenvalue weighted by Gasteiger charge is -2.18. The molecule has 3 aromatic carbocycles. The third-order valence-electron chi connectivity index (χ3n) is 5.97. The smallest absolute Gasteiger partial charge is 0.0972 e. The predicted molar refractivity (Wildman–Crippen MR) is 117 cm³/mol. The van der Waals surface area contributed by atoms with Gasteiger partial charge in [-0.2, -0.15) is 0 Å². The number of hydrogen-bond acceptors (Lipinski definition) is 2. The zero-order valence-electron chi connectivity index (χ0n) is 15.7. The van der Waals surface area contributed by atoms with Gasteiger partial charge in [-0.05, 0) is 55.0 Å². The summed E-state index contributed by atoms with van der Waals surface area (Å²) in [5.74, 6) is 0. The van der Waals surface area contributed by atoms with Gasteiger partial charge in [0.15, 0.2) is 0 Å². The minimum atomic E-state index is 0.999. The Bertz CT molecular complexity index is 1370. The van der Waals surface area contributed by atoms with Crippen molar-refractivity contribution in [3.8, 4) is 11.3 Å². The molecule has 2 aromatic heterocycles. The van der Waals surface area contributed by atoms with Crippen molar-refractivity contribution in [2.24, 2.45) is 0 Å². The molecule has 0 saturated heterocycles. The summed E-state index contributed by atoms with van der Waals surface area (Å²) in [6.45, 7) is 0. The molecule has 134 valence electrons. The first-order valence-corrected chi connectivity index (χ1v) is 10.1. The highest BCUT2D eigenvalue weighted by molar-refractivity contribution is 6.07. The molecule has 1 aliphatic rings. The SMILES string of the molecule is c1ccc2c(c1)CCCCc1cc3ccc4cc5ccccc5nc4c3nc1-2. The second-order valence-electron chi connectivity index (χ2n) is 7.75. The topological polar surface area (TPSA) is 25.8 Å². The van der Waals surface area contributed by atoms with E-state index in [1.807, 2.05) is 6.07 Å². The van der Waals surface area contributed by atoms with Crippen LogP contribution in [-0.2, 0) is 12.8 Å². The summed E-state index contributed by atoms with van der Waals surface area (Å²) in [6, 6.07) is 26.0. The van der Waals surface area contributed by atoms with Crippen molar-refractivity contribution in [3.05, 3.63) is 83.9 Å². The molecular formula is C26H20N2. The first kappa shape index (κ1) is 15.8. The van der Waals surface area contributed by atoms with Crippen molar-refractivity contribution in [2.75, 3.05) is 0 Å². The van der Waals surface area contributed by atoms with Gasteiger partial charge in [0.05, 0.1) is 22.2 Å². The number of rotatable bonds is 0. The number of aryl methyl sites for hydroxylation is 2. The van der Waals surface area contributed by atoms with E-state index < -0.39 is 0 Å². The molecule has 2 heteroatoms. The van der Waals surface area contributed by atoms with E-state index in [4.69, 9.17) is 9.97 Å². The van der Waals surface area contributed by atoms with Gasteiger partial charge < -0.3 is 0 Å². The molecule has 6 rings (SSSR count). The maximum absolute atomic E-state index is 5.23. The van der Waals surface area contributed by atoms with Crippen molar-refractivity contribution in [1.82, 2.24) is 9.97 Å². The largest absolute Gasteiger partial charge is 0.245 e. The maximum atomic E-state index is 5.23. The monoisotopic (exact) mass is 360 g/mol. The number of hydrogen-bond donors (Lipinski definition) is 0. The molecule has 0 unspecified atom stereocenters. The summed E-state index contributed by atoms with van der Waals surface area (Å²) in [5, 5.41) is 3.51. The van der Waals surface area contributed by atoms with Crippen LogP contribution in [0.5, 0.6) is 0 Å². The average Bonchev–Trinajstić information content (AvgIpc) is 2.73. The molecule has 0 radical (unpaired) electrons. The molecule has 0 aliphatic heterocycles. The lowest BCUT2D eigenvalue weighted by atomic mass is 9.90. The number of benzene rings is 3. The summed E-state index contributed by atoms with van der Waals surface area (Å²) in [5.41, 5.74) is 8.24. The molecule has 0 bridgehead atoms. The van der Waals surface area contributed by atoms with Crippen LogP contribution in [0.3, 0.4) is 0 Å². The molecular weight excluding hydrogens is 340 g/mol. The van der Waals surface area contributed by atoms with Gasteiger partial charge in [-0.1, -0.05) is 54.6 Å². The van der Waals surface area contributed by atoms with Gasteiger partial charge in [0.1, 0.15) is 0 Å². The van der Waals surface area contributed by atoms with Crippen LogP contribution in [0.15, 0.2) is 72.8 Å². The Morgan fingerprint density at radius 3 is 2.21 bits per heavy atom. The Morgan fingerprint density at radius 2 is 1.29 bits per heavy atom. The quantitative estimate of drug-likeness (QED) is 0.233. The van der Waals surface area contributed by atoms with Crippen LogP contribution in [0, 0.1) is 0 Å². The minimum Gasteiger partial charge on any atom is -0.245 e. The van der Waals surface area contributed by atoms with Gasteiger partial charge in [0, 0.05) is 21.7 Å². The van der Waals surface area contributed by atoms with E-state index in [0.717, 1.165) is 40.5 Å². The van der Waals surface area contributed by atoms with Gasteiger partial charge >= 0.3 is 0 Å². The number of fused-ring (bicyclic) bond motifs is 7. The van der Waals surface area contributed by atoms with Gasteiger partial charge in [-0.15, -0.1) is 0 Å². The van der Waals surface area contributed by atoms with E-state index in [0.29, 0.717) is 0 Å². The van der Waals surface area contributed by atoms with Crippen LogP contribution in [0.2, 0.25) is 0 Å². The summed E-state index contributed by atoms with van der Waals surface area (Å²) < 4.78 is 0. The van der Waals surface area contributed by atoms with Crippen LogP contribution < -0.4 is 0 Å². The van der Waals surface area contributed by atoms with E-state index in [2.05, 4.69) is 66.7 Å². The van der Waals surface area contributed by atoms with Crippen LogP contribution in [0.25, 0.3) is 44.0 Å². The number of pyridine rings is 2. The van der Waals surface area contributed by atoms with E-state index in [-0.39, 0.29) is 0 Å².